The quantitative estimate of drug-likeness (QED) is 0.567. The summed E-state index contributed by atoms with van der Waals surface area (Å²) in [6.45, 7) is 3.97. The Labute approximate surface area is 184 Å². The molecule has 1 heterocycles. The molecule has 0 aliphatic carbocycles. The monoisotopic (exact) mass is 446 g/mol. The molecule has 168 valence electrons. The van der Waals surface area contributed by atoms with Crippen LogP contribution < -0.4 is 9.46 Å². The van der Waals surface area contributed by atoms with Crippen molar-refractivity contribution in [3.8, 4) is 5.75 Å². The van der Waals surface area contributed by atoms with E-state index in [4.69, 9.17) is 9.47 Å². The smallest absolute Gasteiger partial charge is 0.253 e. The lowest BCUT2D eigenvalue weighted by molar-refractivity contribution is 0.0787. The predicted molar refractivity (Wildman–Crippen MR) is 119 cm³/mol. The van der Waals surface area contributed by atoms with E-state index in [0.717, 1.165) is 24.2 Å². The number of hydrogen-bond acceptors (Lipinski definition) is 5. The summed E-state index contributed by atoms with van der Waals surface area (Å²) in [5.41, 5.74) is 1.52. The van der Waals surface area contributed by atoms with Gasteiger partial charge >= 0.3 is 0 Å². The molecule has 1 aliphatic heterocycles. The van der Waals surface area contributed by atoms with Crippen LogP contribution in [0.3, 0.4) is 0 Å². The summed E-state index contributed by atoms with van der Waals surface area (Å²) in [7, 11) is -1.90. The summed E-state index contributed by atoms with van der Waals surface area (Å²) >= 11 is 0. The Balaban J connectivity index is 1.47. The summed E-state index contributed by atoms with van der Waals surface area (Å²) < 4.78 is 38.7. The SMILES string of the molecule is Cc1ccccc1OCCCN(C)C(=O)c1ccc(S(=O)(=O)NCC2CCCO2)cc1. The highest BCUT2D eigenvalue weighted by molar-refractivity contribution is 7.89. The predicted octanol–water partition coefficient (Wildman–Crippen LogP) is 2.99. The number of rotatable bonds is 10. The first-order valence-electron chi connectivity index (χ1n) is 10.5. The minimum Gasteiger partial charge on any atom is -0.493 e. The Morgan fingerprint density at radius 2 is 1.94 bits per heavy atom. The fourth-order valence-electron chi connectivity index (χ4n) is 3.39. The van der Waals surface area contributed by atoms with Crippen molar-refractivity contribution in [2.24, 2.45) is 0 Å². The van der Waals surface area contributed by atoms with Gasteiger partial charge in [-0.05, 0) is 62.1 Å². The lowest BCUT2D eigenvalue weighted by Gasteiger charge is -2.18. The Morgan fingerprint density at radius 3 is 2.61 bits per heavy atom. The number of sulfonamides is 1. The second-order valence-electron chi connectivity index (χ2n) is 7.71. The van der Waals surface area contributed by atoms with Gasteiger partial charge in [-0.3, -0.25) is 4.79 Å². The maximum absolute atomic E-state index is 12.6. The molecule has 1 unspecified atom stereocenters. The van der Waals surface area contributed by atoms with Crippen LogP contribution >= 0.6 is 0 Å². The highest BCUT2D eigenvalue weighted by Crippen LogP contribution is 2.17. The van der Waals surface area contributed by atoms with Crippen LogP contribution in [0.15, 0.2) is 53.4 Å². The van der Waals surface area contributed by atoms with Gasteiger partial charge in [0.1, 0.15) is 5.75 Å². The van der Waals surface area contributed by atoms with Crippen molar-refractivity contribution in [3.05, 3.63) is 59.7 Å². The van der Waals surface area contributed by atoms with Gasteiger partial charge in [-0.15, -0.1) is 0 Å². The molecule has 1 amide bonds. The number of nitrogens with one attached hydrogen (secondary N) is 1. The fourth-order valence-corrected chi connectivity index (χ4v) is 4.46. The number of benzene rings is 2. The van der Waals surface area contributed by atoms with Crippen LogP contribution in [0.5, 0.6) is 5.75 Å². The van der Waals surface area contributed by atoms with Gasteiger partial charge in [0.2, 0.25) is 10.0 Å². The average molecular weight is 447 g/mol. The fraction of sp³-hybridized carbons (Fsp3) is 0.435. The zero-order valence-electron chi connectivity index (χ0n) is 18.0. The van der Waals surface area contributed by atoms with Crippen LogP contribution in [-0.4, -0.2) is 58.7 Å². The largest absolute Gasteiger partial charge is 0.493 e. The van der Waals surface area contributed by atoms with Crippen LogP contribution in [0.2, 0.25) is 0 Å². The Morgan fingerprint density at radius 1 is 1.19 bits per heavy atom. The third-order valence-electron chi connectivity index (χ3n) is 5.27. The summed E-state index contributed by atoms with van der Waals surface area (Å²) in [5.74, 6) is 0.688. The first kappa shape index (κ1) is 23.2. The van der Waals surface area contributed by atoms with E-state index in [9.17, 15) is 13.2 Å². The van der Waals surface area contributed by atoms with Gasteiger partial charge in [0.25, 0.3) is 5.91 Å². The highest BCUT2D eigenvalue weighted by Gasteiger charge is 2.21. The number of amides is 1. The molecule has 31 heavy (non-hydrogen) atoms. The van der Waals surface area contributed by atoms with E-state index in [1.54, 1.807) is 24.1 Å². The average Bonchev–Trinajstić information content (AvgIpc) is 3.30. The maximum atomic E-state index is 12.6. The van der Waals surface area contributed by atoms with Gasteiger partial charge in [0, 0.05) is 32.3 Å². The van der Waals surface area contributed by atoms with Crippen LogP contribution in [0, 0.1) is 6.92 Å². The molecule has 3 rings (SSSR count). The minimum atomic E-state index is -3.63. The number of nitrogens with zero attached hydrogens (tertiary/aromatic N) is 1. The zero-order valence-corrected chi connectivity index (χ0v) is 18.9. The molecule has 1 N–H and O–H groups in total. The number of hydrogen-bond donors (Lipinski definition) is 1. The van der Waals surface area contributed by atoms with Crippen molar-refractivity contribution in [2.75, 3.05) is 33.4 Å². The molecule has 7 nitrogen and oxygen atoms in total. The number of para-hydroxylation sites is 1. The van der Waals surface area contributed by atoms with E-state index >= 15 is 0 Å². The van der Waals surface area contributed by atoms with Crippen LogP contribution in [-0.2, 0) is 14.8 Å². The molecule has 0 aromatic heterocycles. The normalized spacial score (nSPS) is 16.3. The van der Waals surface area contributed by atoms with Crippen LogP contribution in [0.25, 0.3) is 0 Å². The van der Waals surface area contributed by atoms with Crippen LogP contribution in [0.4, 0.5) is 0 Å². The van der Waals surface area contributed by atoms with Crippen molar-refractivity contribution in [1.82, 2.24) is 9.62 Å². The number of ether oxygens (including phenoxy) is 2. The molecule has 2 aromatic carbocycles. The summed E-state index contributed by atoms with van der Waals surface area (Å²) in [6.07, 6.45) is 2.43. The van der Waals surface area contributed by atoms with Crippen molar-refractivity contribution in [2.45, 2.75) is 37.2 Å². The summed E-state index contributed by atoms with van der Waals surface area (Å²) in [6, 6.07) is 13.8. The highest BCUT2D eigenvalue weighted by atomic mass is 32.2. The van der Waals surface area contributed by atoms with E-state index < -0.39 is 10.0 Å². The topological polar surface area (TPSA) is 84.9 Å². The van der Waals surface area contributed by atoms with Gasteiger partial charge in [0.15, 0.2) is 0 Å². The summed E-state index contributed by atoms with van der Waals surface area (Å²) in [5, 5.41) is 0. The molecule has 0 spiro atoms. The molecule has 0 saturated carbocycles. The van der Waals surface area contributed by atoms with E-state index in [2.05, 4.69) is 4.72 Å². The lowest BCUT2D eigenvalue weighted by atomic mass is 10.2. The van der Waals surface area contributed by atoms with Crippen molar-refractivity contribution >= 4 is 15.9 Å². The third-order valence-corrected chi connectivity index (χ3v) is 6.71. The van der Waals surface area contributed by atoms with E-state index in [1.165, 1.54) is 12.1 Å². The molecule has 0 radical (unpaired) electrons. The van der Waals surface area contributed by atoms with Gasteiger partial charge in [-0.25, -0.2) is 13.1 Å². The molecule has 8 heteroatoms. The van der Waals surface area contributed by atoms with Crippen LogP contribution in [0.1, 0.15) is 35.2 Å². The van der Waals surface area contributed by atoms with Gasteiger partial charge in [-0.1, -0.05) is 18.2 Å². The third kappa shape index (κ3) is 6.53. The second kappa shape index (κ2) is 10.7. The molecule has 1 saturated heterocycles. The number of aryl methyl sites for hydroxylation is 1. The molecular formula is C23H30N2O5S. The van der Waals surface area contributed by atoms with Crippen molar-refractivity contribution in [3.63, 3.8) is 0 Å². The maximum Gasteiger partial charge on any atom is 0.253 e. The summed E-state index contributed by atoms with van der Waals surface area (Å²) in [4.78, 5) is 14.4. The molecule has 0 bridgehead atoms. The second-order valence-corrected chi connectivity index (χ2v) is 9.47. The lowest BCUT2D eigenvalue weighted by Crippen LogP contribution is -2.32. The number of carbonyl (C=O) groups excluding carboxylic acids is 1. The van der Waals surface area contributed by atoms with Gasteiger partial charge < -0.3 is 14.4 Å². The van der Waals surface area contributed by atoms with E-state index in [1.807, 2.05) is 31.2 Å². The van der Waals surface area contributed by atoms with Gasteiger partial charge in [-0.2, -0.15) is 0 Å². The molecule has 1 fully saturated rings. The van der Waals surface area contributed by atoms with Crippen molar-refractivity contribution in [1.29, 1.82) is 0 Å². The van der Waals surface area contributed by atoms with E-state index in [-0.39, 0.29) is 23.5 Å². The van der Waals surface area contributed by atoms with E-state index in [0.29, 0.717) is 31.7 Å². The molecule has 1 atom stereocenters. The number of carbonyl (C=O) groups is 1. The Bertz CT molecular complexity index is 970. The Hall–Kier alpha value is -2.42. The minimum absolute atomic E-state index is 0.0703. The zero-order chi connectivity index (χ0) is 22.3. The Kier molecular flexibility index (Phi) is 8.06. The molecular weight excluding hydrogens is 416 g/mol. The molecule has 1 aliphatic rings. The first-order chi connectivity index (χ1) is 14.9. The molecule has 2 aromatic rings. The first-order valence-corrected chi connectivity index (χ1v) is 12.0. The van der Waals surface area contributed by atoms with Crippen molar-refractivity contribution < 1.29 is 22.7 Å². The van der Waals surface area contributed by atoms with Gasteiger partial charge in [0.05, 0.1) is 17.6 Å². The standard InChI is InChI=1S/C23H30N2O5S/c1-18-7-3-4-9-22(18)30-16-6-14-25(2)23(26)19-10-12-21(13-11-19)31(27,28)24-17-20-8-5-15-29-20/h3-4,7,9-13,20,24H,5-6,8,14-17H2,1-2H3.